The van der Waals surface area contributed by atoms with Gasteiger partial charge in [0.1, 0.15) is 0 Å². The van der Waals surface area contributed by atoms with E-state index in [2.05, 4.69) is 16.0 Å². The largest absolute Gasteiger partial charge is 0.448 e. The molecule has 7 heteroatoms. The predicted molar refractivity (Wildman–Crippen MR) is 71.8 cm³/mol. The van der Waals surface area contributed by atoms with E-state index in [0.717, 1.165) is 4.40 Å². The molecule has 0 atom stereocenters. The number of hydrogen-bond acceptors (Lipinski definition) is 2. The van der Waals surface area contributed by atoms with E-state index < -0.39 is 12.0 Å². The molecule has 0 aliphatic rings. The maximum Gasteiger partial charge on any atom is 0.448 e. The molecule has 0 unspecified atom stereocenters. The minimum absolute atomic E-state index is 0. The number of imidazole rings is 1. The van der Waals surface area contributed by atoms with Crippen LogP contribution >= 0.6 is 0 Å². The van der Waals surface area contributed by atoms with Gasteiger partial charge in [0, 0.05) is 20.1 Å². The van der Waals surface area contributed by atoms with Crippen LogP contribution in [0.5, 0.6) is 0 Å². The Morgan fingerprint density at radius 1 is 0.955 bits per heavy atom. The third-order valence-corrected chi connectivity index (χ3v) is 3.31. The number of aromatic nitrogens is 3. The smallest absolute Gasteiger partial charge is 0.314 e. The molecule has 2 aromatic heterocycles. The fourth-order valence-corrected chi connectivity index (χ4v) is 2.46. The van der Waals surface area contributed by atoms with Crippen molar-refractivity contribution in [2.75, 3.05) is 0 Å². The summed E-state index contributed by atoms with van der Waals surface area (Å²) in [5.41, 5.74) is 1.32. The summed E-state index contributed by atoms with van der Waals surface area (Å²) in [6.07, 6.45) is -4.56. The molecule has 0 fully saturated rings. The summed E-state index contributed by atoms with van der Waals surface area (Å²) in [5, 5.41) is 0.474. The second kappa shape index (κ2) is 5.04. The number of hydrogen-bond donors (Lipinski definition) is 0. The van der Waals surface area contributed by atoms with Crippen LogP contribution < -0.4 is 0 Å². The molecule has 2 aromatic carbocycles. The van der Waals surface area contributed by atoms with Crippen LogP contribution in [0.3, 0.4) is 0 Å². The van der Waals surface area contributed by atoms with Crippen LogP contribution in [0.25, 0.3) is 27.6 Å². The first-order valence-corrected chi connectivity index (χ1v) is 6.20. The van der Waals surface area contributed by atoms with Crippen LogP contribution in [0, 0.1) is 6.07 Å². The number of para-hydroxylation sites is 2. The average molecular weight is 478 g/mol. The molecule has 4 rings (SSSR count). The van der Waals surface area contributed by atoms with Crippen molar-refractivity contribution >= 4 is 27.6 Å². The van der Waals surface area contributed by atoms with Crippen molar-refractivity contribution < 1.29 is 33.3 Å². The van der Waals surface area contributed by atoms with Gasteiger partial charge in [0.05, 0.1) is 16.7 Å². The topological polar surface area (TPSA) is 30.2 Å². The van der Waals surface area contributed by atoms with Gasteiger partial charge in [-0.05, 0) is 17.6 Å². The van der Waals surface area contributed by atoms with E-state index in [-0.39, 0.29) is 31.3 Å². The van der Waals surface area contributed by atoms with Crippen molar-refractivity contribution in [1.82, 2.24) is 14.4 Å². The molecule has 22 heavy (non-hydrogen) atoms. The van der Waals surface area contributed by atoms with Gasteiger partial charge in [-0.15, -0.1) is 24.3 Å². The monoisotopic (exact) mass is 479 g/mol. The van der Waals surface area contributed by atoms with Crippen LogP contribution in [0.4, 0.5) is 13.2 Å². The van der Waals surface area contributed by atoms with Gasteiger partial charge in [0.25, 0.3) is 0 Å². The Balaban J connectivity index is 0.00000144. The van der Waals surface area contributed by atoms with Crippen LogP contribution in [0.15, 0.2) is 42.5 Å². The molecular weight excluding hydrogens is 471 g/mol. The Bertz CT molecular complexity index is 992. The molecule has 2 heterocycles. The third kappa shape index (κ3) is 2.09. The van der Waals surface area contributed by atoms with Gasteiger partial charge in [-0.1, -0.05) is 17.5 Å². The molecule has 0 bridgehead atoms. The Morgan fingerprint density at radius 3 is 2.45 bits per heavy atom. The second-order valence-electron chi connectivity index (χ2n) is 4.62. The minimum Gasteiger partial charge on any atom is -0.314 e. The van der Waals surface area contributed by atoms with E-state index >= 15 is 0 Å². The molecule has 0 amide bonds. The zero-order chi connectivity index (χ0) is 14.6. The molecule has 0 saturated carbocycles. The second-order valence-corrected chi connectivity index (χ2v) is 4.62. The summed E-state index contributed by atoms with van der Waals surface area (Å²) < 4.78 is 41.0. The van der Waals surface area contributed by atoms with Gasteiger partial charge < -0.3 is 4.40 Å². The normalized spacial score (nSPS) is 12.0. The van der Waals surface area contributed by atoms with Crippen LogP contribution in [0.1, 0.15) is 5.82 Å². The van der Waals surface area contributed by atoms with Gasteiger partial charge >= 0.3 is 6.18 Å². The van der Waals surface area contributed by atoms with E-state index in [1.807, 2.05) is 0 Å². The molecule has 0 N–H and O–H groups in total. The first kappa shape index (κ1) is 14.9. The Labute approximate surface area is 136 Å². The Kier molecular flexibility index (Phi) is 3.42. The van der Waals surface area contributed by atoms with Crippen molar-refractivity contribution in [2.45, 2.75) is 6.18 Å². The maximum atomic E-state index is 13.3. The standard InChI is InChI=1S/C15H7F3N3.Ir/c16-15(17,18)14-20-10-6-2-1-5-9(10)13-19-11-7-3-4-8-12(11)21(13)14;/h1-4,6-8H;/q-1;. The first-order chi connectivity index (χ1) is 10.1. The van der Waals surface area contributed by atoms with Crippen molar-refractivity contribution in [2.24, 2.45) is 0 Å². The molecule has 0 spiro atoms. The van der Waals surface area contributed by atoms with E-state index in [0.29, 0.717) is 16.4 Å². The summed E-state index contributed by atoms with van der Waals surface area (Å²) in [4.78, 5) is 8.07. The SMILES string of the molecule is FC(F)(F)c1nc2ccc[c-]c2c2nc3ccccc3n12.[Ir]. The van der Waals surface area contributed by atoms with Crippen molar-refractivity contribution in [3.63, 3.8) is 0 Å². The molecule has 113 valence electrons. The minimum atomic E-state index is -4.56. The molecule has 4 aromatic rings. The molecule has 0 aliphatic carbocycles. The van der Waals surface area contributed by atoms with Crippen molar-refractivity contribution in [1.29, 1.82) is 0 Å². The fourth-order valence-electron chi connectivity index (χ4n) is 2.46. The van der Waals surface area contributed by atoms with Crippen LogP contribution in [-0.4, -0.2) is 14.4 Å². The first-order valence-electron chi connectivity index (χ1n) is 6.20. The number of fused-ring (bicyclic) bond motifs is 5. The summed E-state index contributed by atoms with van der Waals surface area (Å²) in [5.74, 6) is -0.974. The van der Waals surface area contributed by atoms with E-state index in [1.165, 1.54) is 6.07 Å². The van der Waals surface area contributed by atoms with Gasteiger partial charge in [-0.3, -0.25) is 9.97 Å². The molecule has 1 radical (unpaired) electrons. The summed E-state index contributed by atoms with van der Waals surface area (Å²) in [6.45, 7) is 0. The van der Waals surface area contributed by atoms with Gasteiger partial charge in [0.2, 0.25) is 5.82 Å². The summed E-state index contributed by atoms with van der Waals surface area (Å²) >= 11 is 0. The predicted octanol–water partition coefficient (Wildman–Crippen LogP) is 3.85. The zero-order valence-electron chi connectivity index (χ0n) is 10.9. The average Bonchev–Trinajstić information content (AvgIpc) is 2.85. The van der Waals surface area contributed by atoms with Gasteiger partial charge in [-0.2, -0.15) is 13.2 Å². The molecule has 3 nitrogen and oxygen atoms in total. The van der Waals surface area contributed by atoms with Gasteiger partial charge in [0.15, 0.2) is 0 Å². The maximum absolute atomic E-state index is 13.3. The van der Waals surface area contributed by atoms with Crippen LogP contribution in [0.2, 0.25) is 0 Å². The number of alkyl halides is 3. The van der Waals surface area contributed by atoms with Crippen molar-refractivity contribution in [3.8, 4) is 0 Å². The number of rotatable bonds is 0. The molecule has 0 aliphatic heterocycles. The number of benzene rings is 2. The van der Waals surface area contributed by atoms with Crippen LogP contribution in [-0.2, 0) is 26.3 Å². The number of nitrogens with zero attached hydrogens (tertiary/aromatic N) is 3. The van der Waals surface area contributed by atoms with Gasteiger partial charge in [-0.25, -0.2) is 0 Å². The third-order valence-electron chi connectivity index (χ3n) is 3.31. The zero-order valence-corrected chi connectivity index (χ0v) is 13.2. The quantitative estimate of drug-likeness (QED) is 0.360. The Morgan fingerprint density at radius 2 is 1.68 bits per heavy atom. The molecule has 0 saturated heterocycles. The molecular formula is C15H7F3IrN3-. The Hall–Kier alpha value is -1.98. The number of halogens is 3. The summed E-state index contributed by atoms with van der Waals surface area (Å²) in [7, 11) is 0. The van der Waals surface area contributed by atoms with E-state index in [9.17, 15) is 13.2 Å². The summed E-state index contributed by atoms with van der Waals surface area (Å²) in [6, 6.07) is 14.4. The van der Waals surface area contributed by atoms with E-state index in [1.54, 1.807) is 36.4 Å². The van der Waals surface area contributed by atoms with Crippen molar-refractivity contribution in [3.05, 3.63) is 54.4 Å². The van der Waals surface area contributed by atoms with E-state index in [4.69, 9.17) is 0 Å². The fraction of sp³-hybridized carbons (Fsp3) is 0.0667.